The molecule has 0 aliphatic rings. The standard InChI is InChI=1S/C12H27N3O2/c1-5-7-14-12(2,11(13)16)6-8-15(3)9-10-17-4/h14H,5-10H2,1-4H3,(H2,13,16). The zero-order valence-electron chi connectivity index (χ0n) is 11.6. The van der Waals surface area contributed by atoms with E-state index >= 15 is 0 Å². The average Bonchev–Trinajstić information content (AvgIpc) is 2.30. The molecule has 5 heteroatoms. The summed E-state index contributed by atoms with van der Waals surface area (Å²) in [5.74, 6) is -0.286. The van der Waals surface area contributed by atoms with E-state index < -0.39 is 5.54 Å². The second-order valence-corrected chi connectivity index (χ2v) is 4.67. The van der Waals surface area contributed by atoms with E-state index in [1.54, 1.807) is 7.11 Å². The molecule has 0 aromatic carbocycles. The van der Waals surface area contributed by atoms with E-state index in [-0.39, 0.29) is 5.91 Å². The van der Waals surface area contributed by atoms with Crippen molar-refractivity contribution in [1.29, 1.82) is 0 Å². The zero-order valence-corrected chi connectivity index (χ0v) is 11.6. The molecule has 1 amide bonds. The van der Waals surface area contributed by atoms with Gasteiger partial charge in [0.05, 0.1) is 12.1 Å². The molecule has 3 N–H and O–H groups in total. The molecule has 0 aliphatic carbocycles. The Bertz CT molecular complexity index is 224. The molecule has 0 spiro atoms. The van der Waals surface area contributed by atoms with E-state index in [1.807, 2.05) is 14.0 Å². The van der Waals surface area contributed by atoms with Crippen LogP contribution in [0.1, 0.15) is 26.7 Å². The molecular weight excluding hydrogens is 218 g/mol. The number of rotatable bonds is 10. The van der Waals surface area contributed by atoms with Gasteiger partial charge in [-0.1, -0.05) is 6.92 Å². The predicted octanol–water partition coefficient (Wildman–Crippen LogP) is 0.198. The monoisotopic (exact) mass is 245 g/mol. The van der Waals surface area contributed by atoms with Crippen molar-refractivity contribution in [2.75, 3.05) is 40.4 Å². The van der Waals surface area contributed by atoms with Gasteiger partial charge in [-0.2, -0.15) is 0 Å². The summed E-state index contributed by atoms with van der Waals surface area (Å²) in [6.45, 7) is 7.13. The van der Waals surface area contributed by atoms with Crippen LogP contribution in [0.5, 0.6) is 0 Å². The van der Waals surface area contributed by atoms with Crippen molar-refractivity contribution in [1.82, 2.24) is 10.2 Å². The van der Waals surface area contributed by atoms with Gasteiger partial charge in [-0.25, -0.2) is 0 Å². The third-order valence-electron chi connectivity index (χ3n) is 2.98. The van der Waals surface area contributed by atoms with E-state index in [0.717, 1.165) is 26.1 Å². The number of nitrogens with one attached hydrogen (secondary N) is 1. The number of carbonyl (C=O) groups excluding carboxylic acids is 1. The number of methoxy groups -OCH3 is 1. The first-order chi connectivity index (χ1) is 7.96. The Morgan fingerprint density at radius 3 is 2.59 bits per heavy atom. The Morgan fingerprint density at radius 1 is 1.47 bits per heavy atom. The van der Waals surface area contributed by atoms with Gasteiger partial charge in [0.15, 0.2) is 0 Å². The van der Waals surface area contributed by atoms with Gasteiger partial charge in [0.2, 0.25) is 5.91 Å². The van der Waals surface area contributed by atoms with E-state index in [9.17, 15) is 4.79 Å². The minimum absolute atomic E-state index is 0.286. The maximum atomic E-state index is 11.5. The maximum absolute atomic E-state index is 11.5. The third-order valence-corrected chi connectivity index (χ3v) is 2.98. The number of amides is 1. The first kappa shape index (κ1) is 16.4. The summed E-state index contributed by atoms with van der Waals surface area (Å²) in [6.07, 6.45) is 1.70. The van der Waals surface area contributed by atoms with Crippen LogP contribution in [0, 0.1) is 0 Å². The second kappa shape index (κ2) is 8.44. The van der Waals surface area contributed by atoms with Gasteiger partial charge >= 0.3 is 0 Å². The molecule has 0 aromatic rings. The molecule has 5 nitrogen and oxygen atoms in total. The van der Waals surface area contributed by atoms with Crippen molar-refractivity contribution >= 4 is 5.91 Å². The molecule has 0 saturated carbocycles. The summed E-state index contributed by atoms with van der Waals surface area (Å²) in [7, 11) is 3.70. The lowest BCUT2D eigenvalue weighted by molar-refractivity contribution is -0.124. The molecule has 0 rings (SSSR count). The fourth-order valence-electron chi connectivity index (χ4n) is 1.47. The summed E-state index contributed by atoms with van der Waals surface area (Å²) in [6, 6.07) is 0. The average molecular weight is 245 g/mol. The minimum atomic E-state index is -0.614. The van der Waals surface area contributed by atoms with Crippen LogP contribution >= 0.6 is 0 Å². The Balaban J connectivity index is 4.12. The van der Waals surface area contributed by atoms with E-state index in [2.05, 4.69) is 17.1 Å². The van der Waals surface area contributed by atoms with Gasteiger partial charge < -0.3 is 20.7 Å². The highest BCUT2D eigenvalue weighted by Gasteiger charge is 2.29. The molecule has 102 valence electrons. The lowest BCUT2D eigenvalue weighted by Crippen LogP contribution is -2.54. The highest BCUT2D eigenvalue weighted by Crippen LogP contribution is 2.09. The number of hydrogen-bond donors (Lipinski definition) is 2. The highest BCUT2D eigenvalue weighted by molar-refractivity contribution is 5.84. The van der Waals surface area contributed by atoms with Crippen LogP contribution in [0.15, 0.2) is 0 Å². The van der Waals surface area contributed by atoms with Gasteiger partial charge in [-0.3, -0.25) is 4.79 Å². The smallest absolute Gasteiger partial charge is 0.237 e. The SMILES string of the molecule is CCCNC(C)(CCN(C)CCOC)C(N)=O. The van der Waals surface area contributed by atoms with Gasteiger partial charge in [-0.15, -0.1) is 0 Å². The molecule has 0 radical (unpaired) electrons. The Kier molecular flexibility index (Phi) is 8.12. The van der Waals surface area contributed by atoms with Gasteiger partial charge in [0.1, 0.15) is 0 Å². The molecule has 1 unspecified atom stereocenters. The number of ether oxygens (including phenoxy) is 1. The van der Waals surface area contributed by atoms with Crippen molar-refractivity contribution in [2.45, 2.75) is 32.2 Å². The van der Waals surface area contributed by atoms with Crippen LogP contribution < -0.4 is 11.1 Å². The summed E-state index contributed by atoms with van der Waals surface area (Å²) < 4.78 is 5.01. The Labute approximate surface area is 105 Å². The lowest BCUT2D eigenvalue weighted by Gasteiger charge is -2.29. The quantitative estimate of drug-likeness (QED) is 0.577. The molecular formula is C12H27N3O2. The van der Waals surface area contributed by atoms with Gasteiger partial charge in [0.25, 0.3) is 0 Å². The normalized spacial score (nSPS) is 14.9. The fourth-order valence-corrected chi connectivity index (χ4v) is 1.47. The Morgan fingerprint density at radius 2 is 2.12 bits per heavy atom. The molecule has 0 bridgehead atoms. The van der Waals surface area contributed by atoms with Crippen molar-refractivity contribution in [3.05, 3.63) is 0 Å². The number of hydrogen-bond acceptors (Lipinski definition) is 4. The van der Waals surface area contributed by atoms with Crippen molar-refractivity contribution < 1.29 is 9.53 Å². The van der Waals surface area contributed by atoms with Crippen molar-refractivity contribution in [2.24, 2.45) is 5.73 Å². The Hall–Kier alpha value is -0.650. The largest absolute Gasteiger partial charge is 0.383 e. The molecule has 17 heavy (non-hydrogen) atoms. The first-order valence-electron chi connectivity index (χ1n) is 6.18. The maximum Gasteiger partial charge on any atom is 0.237 e. The second-order valence-electron chi connectivity index (χ2n) is 4.67. The number of nitrogens with zero attached hydrogens (tertiary/aromatic N) is 1. The molecule has 0 fully saturated rings. The van der Waals surface area contributed by atoms with Crippen molar-refractivity contribution in [3.63, 3.8) is 0 Å². The topological polar surface area (TPSA) is 67.6 Å². The molecule has 0 heterocycles. The van der Waals surface area contributed by atoms with Crippen LogP contribution in [0.4, 0.5) is 0 Å². The summed E-state index contributed by atoms with van der Waals surface area (Å²) in [5.41, 5.74) is 4.84. The molecule has 0 aromatic heterocycles. The highest BCUT2D eigenvalue weighted by atomic mass is 16.5. The van der Waals surface area contributed by atoms with Gasteiger partial charge in [0, 0.05) is 20.2 Å². The molecule has 1 atom stereocenters. The van der Waals surface area contributed by atoms with Crippen LogP contribution in [0.2, 0.25) is 0 Å². The van der Waals surface area contributed by atoms with E-state index in [4.69, 9.17) is 10.5 Å². The van der Waals surface area contributed by atoms with Crippen molar-refractivity contribution in [3.8, 4) is 0 Å². The summed E-state index contributed by atoms with van der Waals surface area (Å²) >= 11 is 0. The third kappa shape index (κ3) is 6.61. The van der Waals surface area contributed by atoms with Crippen LogP contribution in [0.3, 0.4) is 0 Å². The lowest BCUT2D eigenvalue weighted by atomic mass is 9.96. The zero-order chi connectivity index (χ0) is 13.3. The molecule has 0 aliphatic heterocycles. The first-order valence-corrected chi connectivity index (χ1v) is 6.18. The predicted molar refractivity (Wildman–Crippen MR) is 69.9 cm³/mol. The number of nitrogens with two attached hydrogens (primary N) is 1. The number of likely N-dealkylation sites (N-methyl/N-ethyl adjacent to an activating group) is 1. The fraction of sp³-hybridized carbons (Fsp3) is 0.917. The molecule has 0 saturated heterocycles. The van der Waals surface area contributed by atoms with E-state index in [1.165, 1.54) is 0 Å². The number of primary amides is 1. The minimum Gasteiger partial charge on any atom is -0.383 e. The number of carbonyl (C=O) groups is 1. The van der Waals surface area contributed by atoms with Crippen LogP contribution in [0.25, 0.3) is 0 Å². The van der Waals surface area contributed by atoms with Crippen LogP contribution in [-0.2, 0) is 9.53 Å². The summed E-state index contributed by atoms with van der Waals surface area (Å²) in [4.78, 5) is 13.6. The van der Waals surface area contributed by atoms with Gasteiger partial charge in [-0.05, 0) is 33.4 Å². The van der Waals surface area contributed by atoms with Crippen LogP contribution in [-0.4, -0.2) is 56.7 Å². The van der Waals surface area contributed by atoms with E-state index in [0.29, 0.717) is 13.0 Å². The summed E-state index contributed by atoms with van der Waals surface area (Å²) in [5, 5.41) is 3.22.